The van der Waals surface area contributed by atoms with E-state index < -0.39 is 59.8 Å². The van der Waals surface area contributed by atoms with E-state index in [2.05, 4.69) is 18.1 Å². The number of phosphoric acid groups is 3. The van der Waals surface area contributed by atoms with Gasteiger partial charge < -0.3 is 29.0 Å². The van der Waals surface area contributed by atoms with Gasteiger partial charge in [-0.25, -0.2) is 18.5 Å². The molecule has 2 unspecified atom stereocenters. The van der Waals surface area contributed by atoms with Crippen molar-refractivity contribution >= 4 is 45.1 Å². The first-order valence-corrected chi connectivity index (χ1v) is 16.8. The molecule has 0 aromatic carbocycles. The standard InChI is InChI=1S/C15H27N2O14P3S2/c1-9-6-17(14(19)16-13(9)18)12-5-10(27-8-35-36-15(2,3)4)11(29-12)7-28-33(23,24)31-34(25,26)30-32(20,21)22/h6,10-12H,5,7-8H2,1-4H3,(H,23,24)(H,25,26)(H,16,18,19)(H2,20,21,22)/t10-,11-,12-/m1/s1. The third-order valence-corrected chi connectivity index (χ3v) is 10.9. The molecular weight excluding hydrogens is 589 g/mol. The van der Waals surface area contributed by atoms with Crippen LogP contribution in [0.5, 0.6) is 0 Å². The first kappa shape index (κ1) is 31.9. The van der Waals surface area contributed by atoms with Crippen LogP contribution in [0, 0.1) is 6.92 Å². The van der Waals surface area contributed by atoms with Gasteiger partial charge in [0, 0.05) is 22.9 Å². The molecule has 2 rings (SSSR count). The van der Waals surface area contributed by atoms with Gasteiger partial charge in [0.2, 0.25) is 0 Å². The van der Waals surface area contributed by atoms with Crippen molar-refractivity contribution in [2.75, 3.05) is 12.5 Å². The highest BCUT2D eigenvalue weighted by Gasteiger charge is 2.43. The van der Waals surface area contributed by atoms with Gasteiger partial charge in [-0.15, -0.1) is 0 Å². The van der Waals surface area contributed by atoms with Crippen molar-refractivity contribution in [2.45, 2.75) is 57.3 Å². The largest absolute Gasteiger partial charge is 0.490 e. The zero-order valence-electron chi connectivity index (χ0n) is 19.4. The lowest BCUT2D eigenvalue weighted by Crippen LogP contribution is -2.33. The zero-order chi connectivity index (χ0) is 27.5. The molecule has 16 nitrogen and oxygen atoms in total. The SMILES string of the molecule is Cc1cn([C@H]2C[C@@H](OCSSC(C)(C)C)[C@@H](COP(=O)(O)OP(=O)(O)OP(=O)(O)O)O2)c(=O)[nH]c1=O. The van der Waals surface area contributed by atoms with Crippen molar-refractivity contribution in [2.24, 2.45) is 0 Å². The van der Waals surface area contributed by atoms with E-state index in [0.29, 0.717) is 0 Å². The molecule has 1 aliphatic heterocycles. The van der Waals surface area contributed by atoms with Crippen LogP contribution in [0.25, 0.3) is 0 Å². The summed E-state index contributed by atoms with van der Waals surface area (Å²) in [5.41, 5.74) is -1.12. The van der Waals surface area contributed by atoms with E-state index >= 15 is 0 Å². The Morgan fingerprint density at radius 3 is 2.36 bits per heavy atom. The van der Waals surface area contributed by atoms with Crippen molar-refractivity contribution in [3.63, 3.8) is 0 Å². The molecule has 1 aromatic rings. The van der Waals surface area contributed by atoms with E-state index in [1.807, 2.05) is 20.8 Å². The van der Waals surface area contributed by atoms with E-state index in [4.69, 9.17) is 19.3 Å². The van der Waals surface area contributed by atoms with Gasteiger partial charge in [0.25, 0.3) is 5.56 Å². The molecule has 1 aromatic heterocycles. The van der Waals surface area contributed by atoms with Gasteiger partial charge in [0.15, 0.2) is 0 Å². The maximum absolute atomic E-state index is 12.3. The van der Waals surface area contributed by atoms with E-state index in [9.17, 15) is 33.1 Å². The first-order valence-electron chi connectivity index (χ1n) is 9.95. The Bertz CT molecular complexity index is 1180. The van der Waals surface area contributed by atoms with E-state index in [-0.39, 0.29) is 22.7 Å². The maximum atomic E-state index is 12.3. The zero-order valence-corrected chi connectivity index (χ0v) is 23.7. The Kier molecular flexibility index (Phi) is 10.9. The maximum Gasteiger partial charge on any atom is 0.490 e. The van der Waals surface area contributed by atoms with Crippen LogP contribution in [-0.4, -0.2) is 58.6 Å². The number of hydrogen-bond donors (Lipinski definition) is 5. The third kappa shape index (κ3) is 10.8. The summed E-state index contributed by atoms with van der Waals surface area (Å²) in [4.78, 5) is 62.3. The van der Waals surface area contributed by atoms with Gasteiger partial charge in [-0.1, -0.05) is 42.4 Å². The second-order valence-corrected chi connectivity index (χ2v) is 15.9. The summed E-state index contributed by atoms with van der Waals surface area (Å²) in [6.45, 7) is 6.71. The Morgan fingerprint density at radius 2 is 1.78 bits per heavy atom. The Hall–Kier alpha value is -0.290. The Balaban J connectivity index is 2.14. The molecule has 208 valence electrons. The van der Waals surface area contributed by atoms with Crippen LogP contribution in [0.3, 0.4) is 0 Å². The van der Waals surface area contributed by atoms with E-state index in [0.717, 1.165) is 4.57 Å². The molecule has 0 amide bonds. The number of aryl methyl sites for hydroxylation is 1. The molecule has 1 aliphatic rings. The van der Waals surface area contributed by atoms with Gasteiger partial charge in [-0.3, -0.25) is 18.9 Å². The van der Waals surface area contributed by atoms with Gasteiger partial charge in [0.1, 0.15) is 18.3 Å². The number of hydrogen-bond acceptors (Lipinski definition) is 12. The summed E-state index contributed by atoms with van der Waals surface area (Å²) in [5, 5.41) is 0. The summed E-state index contributed by atoms with van der Waals surface area (Å²) < 4.78 is 59.0. The van der Waals surface area contributed by atoms with E-state index in [1.54, 1.807) is 0 Å². The number of rotatable bonds is 12. The summed E-state index contributed by atoms with van der Waals surface area (Å²) in [6.07, 6.45) is -1.52. The fraction of sp³-hybridized carbons (Fsp3) is 0.733. The number of ether oxygens (including phenoxy) is 2. The van der Waals surface area contributed by atoms with Crippen molar-refractivity contribution < 1.29 is 55.9 Å². The molecule has 1 fully saturated rings. The molecule has 0 bridgehead atoms. The normalized spacial score (nSPS) is 24.4. The van der Waals surface area contributed by atoms with Crippen LogP contribution in [0.1, 0.15) is 39.0 Å². The summed E-state index contributed by atoms with van der Waals surface area (Å²) >= 11 is 0. The summed E-state index contributed by atoms with van der Waals surface area (Å²) in [5.74, 6) is 0.161. The van der Waals surface area contributed by atoms with Crippen molar-refractivity contribution in [1.82, 2.24) is 9.55 Å². The summed E-state index contributed by atoms with van der Waals surface area (Å²) in [7, 11) is -13.7. The minimum absolute atomic E-state index is 0.0660. The molecule has 36 heavy (non-hydrogen) atoms. The average Bonchev–Trinajstić information content (AvgIpc) is 3.06. The second-order valence-electron chi connectivity index (χ2n) is 8.37. The molecular formula is C15H27N2O14P3S2. The lowest BCUT2D eigenvalue weighted by molar-refractivity contribution is -0.0543. The molecule has 0 saturated carbocycles. The summed E-state index contributed by atoms with van der Waals surface area (Å²) in [6, 6.07) is 0. The van der Waals surface area contributed by atoms with Crippen LogP contribution in [-0.2, 0) is 36.3 Å². The number of nitrogens with zero attached hydrogens (tertiary/aromatic N) is 1. The smallest absolute Gasteiger partial charge is 0.364 e. The lowest BCUT2D eigenvalue weighted by atomic mass is 10.2. The number of nitrogens with one attached hydrogen (secondary N) is 1. The van der Waals surface area contributed by atoms with Crippen LogP contribution in [0.15, 0.2) is 15.8 Å². The predicted molar refractivity (Wildman–Crippen MR) is 129 cm³/mol. The average molecular weight is 616 g/mol. The van der Waals surface area contributed by atoms with Crippen LogP contribution >= 0.6 is 45.1 Å². The highest BCUT2D eigenvalue weighted by molar-refractivity contribution is 8.77. The minimum Gasteiger partial charge on any atom is -0.364 e. The fourth-order valence-electron chi connectivity index (χ4n) is 2.78. The fourth-order valence-corrected chi connectivity index (χ4v) is 7.82. The quantitative estimate of drug-likeness (QED) is 0.0977. The Morgan fingerprint density at radius 1 is 1.14 bits per heavy atom. The number of aromatic amines is 1. The number of aromatic nitrogens is 2. The van der Waals surface area contributed by atoms with Crippen molar-refractivity contribution in [3.8, 4) is 0 Å². The third-order valence-electron chi connectivity index (χ3n) is 4.09. The van der Waals surface area contributed by atoms with Crippen LogP contribution < -0.4 is 11.2 Å². The molecule has 1 saturated heterocycles. The molecule has 0 aliphatic carbocycles. The monoisotopic (exact) mass is 616 g/mol. The van der Waals surface area contributed by atoms with Crippen molar-refractivity contribution in [3.05, 3.63) is 32.6 Å². The topological polar surface area (TPSA) is 233 Å². The van der Waals surface area contributed by atoms with Gasteiger partial charge >= 0.3 is 29.2 Å². The second kappa shape index (κ2) is 12.3. The minimum atomic E-state index is -5.69. The first-order chi connectivity index (χ1) is 16.3. The predicted octanol–water partition coefficient (Wildman–Crippen LogP) is 2.00. The van der Waals surface area contributed by atoms with Gasteiger partial charge in [-0.05, 0) is 6.92 Å². The molecule has 2 heterocycles. The van der Waals surface area contributed by atoms with Crippen molar-refractivity contribution in [1.29, 1.82) is 0 Å². The molecule has 21 heteroatoms. The van der Waals surface area contributed by atoms with Gasteiger partial charge in [0.05, 0.1) is 12.7 Å². The highest BCUT2D eigenvalue weighted by atomic mass is 33.1. The van der Waals surface area contributed by atoms with E-state index in [1.165, 1.54) is 34.7 Å². The molecule has 5 N–H and O–H groups in total. The molecule has 0 spiro atoms. The number of H-pyrrole nitrogens is 1. The molecule has 5 atom stereocenters. The highest BCUT2D eigenvalue weighted by Crippen LogP contribution is 2.66. The van der Waals surface area contributed by atoms with Crippen LogP contribution in [0.4, 0.5) is 0 Å². The lowest BCUT2D eigenvalue weighted by Gasteiger charge is -2.22. The van der Waals surface area contributed by atoms with Gasteiger partial charge in [-0.2, -0.15) is 8.62 Å². The van der Waals surface area contributed by atoms with Crippen LogP contribution in [0.2, 0.25) is 0 Å². The molecule has 0 radical (unpaired) electrons. The Labute approximate surface area is 212 Å². The number of phosphoric ester groups is 1.